The van der Waals surface area contributed by atoms with E-state index in [4.69, 9.17) is 26.5 Å². The summed E-state index contributed by atoms with van der Waals surface area (Å²) >= 11 is 5.88. The molecule has 7 nitrogen and oxygen atoms in total. The molecule has 0 saturated carbocycles. The lowest BCUT2D eigenvalue weighted by Gasteiger charge is -2.06. The number of anilines is 1. The van der Waals surface area contributed by atoms with Crippen molar-refractivity contribution in [2.45, 2.75) is 0 Å². The lowest BCUT2D eigenvalue weighted by Crippen LogP contribution is -2.20. The van der Waals surface area contributed by atoms with E-state index >= 15 is 0 Å². The summed E-state index contributed by atoms with van der Waals surface area (Å²) in [6.45, 7) is -0.492. The molecule has 0 spiro atoms. The van der Waals surface area contributed by atoms with Gasteiger partial charge in [0, 0.05) is 21.7 Å². The Labute approximate surface area is 152 Å². The molecule has 26 heavy (non-hydrogen) atoms. The number of primary amides is 1. The van der Waals surface area contributed by atoms with Crippen LogP contribution >= 0.6 is 11.6 Å². The van der Waals surface area contributed by atoms with Crippen molar-refractivity contribution in [3.8, 4) is 0 Å². The predicted molar refractivity (Wildman–Crippen MR) is 95.1 cm³/mol. The van der Waals surface area contributed by atoms with Gasteiger partial charge < -0.3 is 20.2 Å². The van der Waals surface area contributed by atoms with Gasteiger partial charge in [0.25, 0.3) is 5.91 Å². The number of amides is 2. The summed E-state index contributed by atoms with van der Waals surface area (Å²) in [5.74, 6) is -1.90. The summed E-state index contributed by atoms with van der Waals surface area (Å²) in [6.07, 6.45) is 0. The van der Waals surface area contributed by atoms with Crippen molar-refractivity contribution in [1.29, 1.82) is 0 Å². The summed E-state index contributed by atoms with van der Waals surface area (Å²) in [5.41, 5.74) is 6.38. The molecule has 0 radical (unpaired) electrons. The second-order valence-electron chi connectivity index (χ2n) is 5.36. The van der Waals surface area contributed by atoms with Gasteiger partial charge in [-0.05, 0) is 48.5 Å². The summed E-state index contributed by atoms with van der Waals surface area (Å²) < 4.78 is 10.3. The molecule has 3 N–H and O–H groups in total. The standard InChI is InChI=1S/C18H13ClN2O5/c19-12-3-6-14-11(7-12)8-15(26-14)18(24)25-9-16(22)21-13-4-1-10(2-5-13)17(20)23/h1-8H,9H2,(H2,20,23)(H,21,22). The van der Waals surface area contributed by atoms with Crippen LogP contribution in [0.2, 0.25) is 5.02 Å². The van der Waals surface area contributed by atoms with Gasteiger partial charge in [0.15, 0.2) is 6.61 Å². The highest BCUT2D eigenvalue weighted by atomic mass is 35.5. The molecule has 1 aromatic heterocycles. The molecule has 2 aromatic carbocycles. The summed E-state index contributed by atoms with van der Waals surface area (Å²) in [6, 6.07) is 12.4. The van der Waals surface area contributed by atoms with Crippen LogP contribution in [-0.4, -0.2) is 24.4 Å². The summed E-state index contributed by atoms with van der Waals surface area (Å²) in [7, 11) is 0. The number of esters is 1. The fourth-order valence-electron chi connectivity index (χ4n) is 2.23. The van der Waals surface area contributed by atoms with Crippen molar-refractivity contribution in [3.05, 3.63) is 64.9 Å². The molecule has 8 heteroatoms. The first-order chi connectivity index (χ1) is 12.4. The molecule has 0 bridgehead atoms. The van der Waals surface area contributed by atoms with Gasteiger partial charge in [0.1, 0.15) is 5.58 Å². The van der Waals surface area contributed by atoms with Gasteiger partial charge in [0.05, 0.1) is 0 Å². The van der Waals surface area contributed by atoms with Crippen LogP contribution in [0.5, 0.6) is 0 Å². The molecule has 0 unspecified atom stereocenters. The zero-order chi connectivity index (χ0) is 18.7. The van der Waals surface area contributed by atoms with E-state index < -0.39 is 24.4 Å². The van der Waals surface area contributed by atoms with Crippen LogP contribution in [0.4, 0.5) is 5.69 Å². The van der Waals surface area contributed by atoms with E-state index in [0.717, 1.165) is 0 Å². The highest BCUT2D eigenvalue weighted by Crippen LogP contribution is 2.23. The normalized spacial score (nSPS) is 10.5. The van der Waals surface area contributed by atoms with Crippen molar-refractivity contribution >= 4 is 46.0 Å². The molecule has 0 atom stereocenters. The maximum Gasteiger partial charge on any atom is 0.374 e. The molecular formula is C18H13ClN2O5. The zero-order valence-corrected chi connectivity index (χ0v) is 14.1. The van der Waals surface area contributed by atoms with E-state index in [1.165, 1.54) is 30.3 Å². The van der Waals surface area contributed by atoms with Gasteiger partial charge >= 0.3 is 5.97 Å². The van der Waals surface area contributed by atoms with Gasteiger partial charge in [-0.3, -0.25) is 9.59 Å². The Morgan fingerprint density at radius 1 is 1.08 bits per heavy atom. The maximum atomic E-state index is 12.0. The number of hydrogen-bond donors (Lipinski definition) is 2. The molecule has 0 saturated heterocycles. The number of furan rings is 1. The Morgan fingerprint density at radius 2 is 1.81 bits per heavy atom. The first kappa shape index (κ1) is 17.5. The van der Waals surface area contributed by atoms with Crippen LogP contribution in [0.3, 0.4) is 0 Å². The van der Waals surface area contributed by atoms with Gasteiger partial charge in [-0.15, -0.1) is 0 Å². The first-order valence-electron chi connectivity index (χ1n) is 7.48. The third-order valence-corrected chi connectivity index (χ3v) is 3.70. The molecule has 3 rings (SSSR count). The number of carbonyl (C=O) groups excluding carboxylic acids is 3. The number of halogens is 1. The average molecular weight is 373 g/mol. The van der Waals surface area contributed by atoms with Crippen molar-refractivity contribution in [2.24, 2.45) is 5.73 Å². The zero-order valence-electron chi connectivity index (χ0n) is 13.3. The van der Waals surface area contributed by atoms with E-state index in [1.54, 1.807) is 18.2 Å². The van der Waals surface area contributed by atoms with E-state index in [0.29, 0.717) is 27.2 Å². The number of fused-ring (bicyclic) bond motifs is 1. The van der Waals surface area contributed by atoms with Crippen LogP contribution in [0.25, 0.3) is 11.0 Å². The van der Waals surface area contributed by atoms with Crippen LogP contribution in [0, 0.1) is 0 Å². The topological polar surface area (TPSA) is 112 Å². The SMILES string of the molecule is NC(=O)c1ccc(NC(=O)COC(=O)c2cc3cc(Cl)ccc3o2)cc1. The van der Waals surface area contributed by atoms with Crippen molar-refractivity contribution in [1.82, 2.24) is 0 Å². The molecule has 0 aliphatic heterocycles. The van der Waals surface area contributed by atoms with Crippen LogP contribution < -0.4 is 11.1 Å². The number of benzene rings is 2. The number of nitrogens with one attached hydrogen (secondary N) is 1. The quantitative estimate of drug-likeness (QED) is 0.669. The average Bonchev–Trinajstić information content (AvgIpc) is 3.03. The second kappa shape index (κ2) is 7.28. The van der Waals surface area contributed by atoms with E-state index in [-0.39, 0.29) is 5.76 Å². The highest BCUT2D eigenvalue weighted by molar-refractivity contribution is 6.31. The predicted octanol–water partition coefficient (Wildman–Crippen LogP) is 2.98. The lowest BCUT2D eigenvalue weighted by molar-refractivity contribution is -0.119. The Balaban J connectivity index is 1.57. The van der Waals surface area contributed by atoms with Crippen molar-refractivity contribution in [3.63, 3.8) is 0 Å². The van der Waals surface area contributed by atoms with Crippen molar-refractivity contribution < 1.29 is 23.5 Å². The molecule has 132 valence electrons. The third-order valence-electron chi connectivity index (χ3n) is 3.47. The number of ether oxygens (including phenoxy) is 1. The Kier molecular flexibility index (Phi) is 4.90. The number of hydrogen-bond acceptors (Lipinski definition) is 5. The number of nitrogens with two attached hydrogens (primary N) is 1. The molecule has 3 aromatic rings. The van der Waals surface area contributed by atoms with Gasteiger partial charge in [-0.2, -0.15) is 0 Å². The first-order valence-corrected chi connectivity index (χ1v) is 7.86. The van der Waals surface area contributed by atoms with E-state index in [1.807, 2.05) is 0 Å². The highest BCUT2D eigenvalue weighted by Gasteiger charge is 2.16. The Hall–Kier alpha value is -3.32. The van der Waals surface area contributed by atoms with Crippen LogP contribution in [0.1, 0.15) is 20.9 Å². The largest absolute Gasteiger partial charge is 0.450 e. The fraction of sp³-hybridized carbons (Fsp3) is 0.0556. The molecule has 1 heterocycles. The minimum atomic E-state index is -0.767. The minimum absolute atomic E-state index is 0.0270. The summed E-state index contributed by atoms with van der Waals surface area (Å²) in [5, 5.41) is 3.70. The van der Waals surface area contributed by atoms with Gasteiger partial charge in [0.2, 0.25) is 11.7 Å². The smallest absolute Gasteiger partial charge is 0.374 e. The molecule has 0 aliphatic rings. The van der Waals surface area contributed by atoms with Crippen LogP contribution in [-0.2, 0) is 9.53 Å². The van der Waals surface area contributed by atoms with E-state index in [2.05, 4.69) is 5.32 Å². The molecule has 0 aliphatic carbocycles. The monoisotopic (exact) mass is 372 g/mol. The van der Waals surface area contributed by atoms with Gasteiger partial charge in [-0.25, -0.2) is 4.79 Å². The van der Waals surface area contributed by atoms with Crippen LogP contribution in [0.15, 0.2) is 52.9 Å². The second-order valence-corrected chi connectivity index (χ2v) is 5.80. The maximum absolute atomic E-state index is 12.0. The third kappa shape index (κ3) is 4.01. The molecular weight excluding hydrogens is 360 g/mol. The molecule has 0 fully saturated rings. The molecule has 2 amide bonds. The minimum Gasteiger partial charge on any atom is -0.450 e. The lowest BCUT2D eigenvalue weighted by atomic mass is 10.2. The number of carbonyl (C=O) groups is 3. The van der Waals surface area contributed by atoms with Gasteiger partial charge in [-0.1, -0.05) is 11.6 Å². The summed E-state index contributed by atoms with van der Waals surface area (Å²) in [4.78, 5) is 34.8. The van der Waals surface area contributed by atoms with Crippen molar-refractivity contribution in [2.75, 3.05) is 11.9 Å². The Morgan fingerprint density at radius 3 is 2.50 bits per heavy atom. The fourth-order valence-corrected chi connectivity index (χ4v) is 2.41. The van der Waals surface area contributed by atoms with E-state index in [9.17, 15) is 14.4 Å². The Bertz CT molecular complexity index is 994. The number of rotatable bonds is 5.